The molecule has 5 atom stereocenters. The second-order valence-corrected chi connectivity index (χ2v) is 11.2. The number of rotatable bonds is 5. The summed E-state index contributed by atoms with van der Waals surface area (Å²) in [6, 6.07) is 0. The fraction of sp³-hybridized carbons (Fsp3) is 0.944. The van der Waals surface area contributed by atoms with Gasteiger partial charge in [-0.25, -0.2) is 12.7 Å². The number of ketones is 1. The van der Waals surface area contributed by atoms with Crippen molar-refractivity contribution in [3.63, 3.8) is 0 Å². The Morgan fingerprint density at radius 1 is 1.04 bits per heavy atom. The van der Waals surface area contributed by atoms with Crippen molar-refractivity contribution in [2.75, 3.05) is 13.1 Å². The molecule has 1 aliphatic heterocycles. The van der Waals surface area contributed by atoms with E-state index in [1.807, 2.05) is 25.6 Å². The Morgan fingerprint density at radius 2 is 1.75 bits per heavy atom. The molecular weight excluding hydrogens is 342 g/mol. The molecule has 2 aliphatic carbocycles. The van der Waals surface area contributed by atoms with Crippen molar-refractivity contribution in [2.24, 2.45) is 11.8 Å². The summed E-state index contributed by atoms with van der Waals surface area (Å²) in [6.45, 7) is 4.90. The van der Waals surface area contributed by atoms with Gasteiger partial charge < -0.3 is 0 Å². The minimum absolute atomic E-state index is 0.0628. The van der Waals surface area contributed by atoms with Gasteiger partial charge in [0.25, 0.3) is 0 Å². The molecule has 0 radical (unpaired) electrons. The van der Waals surface area contributed by atoms with Gasteiger partial charge in [0.05, 0.1) is 10.5 Å². The van der Waals surface area contributed by atoms with Crippen LogP contribution >= 0.6 is 11.8 Å². The summed E-state index contributed by atoms with van der Waals surface area (Å²) in [5, 5.41) is 0.288. The zero-order chi connectivity index (χ0) is 17.3. The van der Waals surface area contributed by atoms with Gasteiger partial charge in [-0.15, -0.1) is 11.8 Å². The van der Waals surface area contributed by atoms with Gasteiger partial charge in [-0.2, -0.15) is 0 Å². The fourth-order valence-electron chi connectivity index (χ4n) is 4.92. The van der Waals surface area contributed by atoms with Gasteiger partial charge in [-0.3, -0.25) is 4.79 Å². The maximum Gasteiger partial charge on any atom is 0.216 e. The lowest BCUT2D eigenvalue weighted by Gasteiger charge is -2.34. The van der Waals surface area contributed by atoms with Crippen molar-refractivity contribution in [2.45, 2.75) is 81.0 Å². The van der Waals surface area contributed by atoms with Crippen LogP contribution < -0.4 is 0 Å². The number of hydrogen-bond donors (Lipinski definition) is 0. The molecule has 3 rings (SSSR count). The topological polar surface area (TPSA) is 54.5 Å². The number of hydrogen-bond acceptors (Lipinski definition) is 4. The third-order valence-corrected chi connectivity index (χ3v) is 10.6. The largest absolute Gasteiger partial charge is 0.298 e. The normalized spacial score (nSPS) is 37.6. The van der Waals surface area contributed by atoms with Gasteiger partial charge in [0.1, 0.15) is 5.78 Å². The predicted octanol–water partition coefficient (Wildman–Crippen LogP) is 3.46. The summed E-state index contributed by atoms with van der Waals surface area (Å²) in [5.41, 5.74) is 0. The number of fused-ring (bicyclic) bond motifs is 1. The van der Waals surface area contributed by atoms with E-state index in [1.165, 1.54) is 19.3 Å². The quantitative estimate of drug-likeness (QED) is 0.740. The van der Waals surface area contributed by atoms with Crippen LogP contribution in [0.15, 0.2) is 0 Å². The van der Waals surface area contributed by atoms with E-state index in [2.05, 4.69) is 0 Å². The standard InChI is InChI=1S/C18H31NO3S2/c1-3-19(4-2)24(21,22)14-9-7-8-13(12-14)18-17(20)15-10-5-6-11-16(15)23-18/h13-16,18H,3-12H2,1-2H3. The second-order valence-electron chi connectivity index (χ2n) is 7.57. The average molecular weight is 374 g/mol. The van der Waals surface area contributed by atoms with E-state index in [4.69, 9.17) is 0 Å². The van der Waals surface area contributed by atoms with Gasteiger partial charge in [-0.05, 0) is 38.0 Å². The molecule has 0 amide bonds. The van der Waals surface area contributed by atoms with Crippen molar-refractivity contribution in [1.29, 1.82) is 0 Å². The van der Waals surface area contributed by atoms with Crippen LogP contribution in [0.1, 0.15) is 65.2 Å². The molecule has 1 heterocycles. The summed E-state index contributed by atoms with van der Waals surface area (Å²) in [4.78, 5) is 12.9. The number of thioether (sulfide) groups is 1. The Kier molecular flexibility index (Phi) is 5.98. The lowest BCUT2D eigenvalue weighted by atomic mass is 9.79. The SMILES string of the molecule is CCN(CC)S(=O)(=O)C1CCCC(C2SC3CCCCC3C2=O)C1. The maximum absolute atomic E-state index is 12.9. The highest BCUT2D eigenvalue weighted by molar-refractivity contribution is 8.01. The van der Waals surface area contributed by atoms with Crippen LogP contribution in [0, 0.1) is 11.8 Å². The second kappa shape index (κ2) is 7.67. The third-order valence-electron chi connectivity index (χ3n) is 6.25. The van der Waals surface area contributed by atoms with E-state index in [0.717, 1.165) is 25.7 Å². The first-order chi connectivity index (χ1) is 11.5. The Labute approximate surface area is 151 Å². The molecule has 1 saturated heterocycles. The van der Waals surface area contributed by atoms with Crippen LogP contribution in [0.5, 0.6) is 0 Å². The van der Waals surface area contributed by atoms with Crippen molar-refractivity contribution in [3.05, 3.63) is 0 Å². The van der Waals surface area contributed by atoms with Crippen molar-refractivity contribution in [3.8, 4) is 0 Å². The predicted molar refractivity (Wildman–Crippen MR) is 99.7 cm³/mol. The van der Waals surface area contributed by atoms with Crippen LogP contribution in [0.3, 0.4) is 0 Å². The van der Waals surface area contributed by atoms with E-state index in [1.54, 1.807) is 4.31 Å². The van der Waals surface area contributed by atoms with E-state index in [-0.39, 0.29) is 22.3 Å². The number of nitrogens with zero attached hydrogens (tertiary/aromatic N) is 1. The molecule has 3 aliphatic rings. The molecule has 0 aromatic rings. The van der Waals surface area contributed by atoms with Gasteiger partial charge in [0, 0.05) is 24.3 Å². The molecule has 5 unspecified atom stereocenters. The van der Waals surface area contributed by atoms with E-state index in [9.17, 15) is 13.2 Å². The third kappa shape index (κ3) is 3.43. The summed E-state index contributed by atoms with van der Waals surface area (Å²) in [7, 11) is -3.22. The number of carbonyl (C=O) groups is 1. The number of Topliss-reactive ketones (excluding diaryl/α,β-unsaturated/α-hetero) is 1. The molecule has 6 heteroatoms. The van der Waals surface area contributed by atoms with Crippen molar-refractivity contribution in [1.82, 2.24) is 4.31 Å². The average Bonchev–Trinajstić information content (AvgIpc) is 2.93. The Balaban J connectivity index is 1.71. The minimum Gasteiger partial charge on any atom is -0.298 e. The highest BCUT2D eigenvalue weighted by Crippen LogP contribution is 2.49. The van der Waals surface area contributed by atoms with Crippen LogP contribution in [0.2, 0.25) is 0 Å². The number of sulfonamides is 1. The van der Waals surface area contributed by atoms with Crippen molar-refractivity contribution < 1.29 is 13.2 Å². The van der Waals surface area contributed by atoms with Crippen LogP contribution in [-0.4, -0.2) is 47.3 Å². The molecule has 0 aromatic carbocycles. The van der Waals surface area contributed by atoms with E-state index < -0.39 is 10.0 Å². The zero-order valence-electron chi connectivity index (χ0n) is 14.9. The van der Waals surface area contributed by atoms with E-state index in [0.29, 0.717) is 30.5 Å². The molecule has 0 aromatic heterocycles. The van der Waals surface area contributed by atoms with Gasteiger partial charge in [-0.1, -0.05) is 33.1 Å². The van der Waals surface area contributed by atoms with Crippen LogP contribution in [0.4, 0.5) is 0 Å². The molecule has 2 saturated carbocycles. The van der Waals surface area contributed by atoms with Gasteiger partial charge in [0.2, 0.25) is 10.0 Å². The first kappa shape index (κ1) is 18.7. The lowest BCUT2D eigenvalue weighted by molar-refractivity contribution is -0.123. The molecule has 4 nitrogen and oxygen atoms in total. The molecule has 138 valence electrons. The zero-order valence-corrected chi connectivity index (χ0v) is 16.6. The van der Waals surface area contributed by atoms with Crippen LogP contribution in [0.25, 0.3) is 0 Å². The molecule has 0 bridgehead atoms. The molecular formula is C18H31NO3S2. The summed E-state index contributed by atoms with van der Waals surface area (Å²) < 4.78 is 27.4. The first-order valence-corrected chi connectivity index (χ1v) is 12.1. The molecule has 0 N–H and O–H groups in total. The highest BCUT2D eigenvalue weighted by Gasteiger charge is 2.48. The Hall–Kier alpha value is -0.0700. The Morgan fingerprint density at radius 3 is 2.42 bits per heavy atom. The van der Waals surface area contributed by atoms with Gasteiger partial charge in [0.15, 0.2) is 0 Å². The summed E-state index contributed by atoms with van der Waals surface area (Å²) in [5.74, 6) is 0.960. The molecule has 24 heavy (non-hydrogen) atoms. The lowest BCUT2D eigenvalue weighted by Crippen LogP contribution is -2.42. The first-order valence-electron chi connectivity index (χ1n) is 9.67. The van der Waals surface area contributed by atoms with Crippen molar-refractivity contribution >= 4 is 27.6 Å². The molecule has 0 spiro atoms. The van der Waals surface area contributed by atoms with Gasteiger partial charge >= 0.3 is 0 Å². The van der Waals surface area contributed by atoms with Crippen LogP contribution in [-0.2, 0) is 14.8 Å². The monoisotopic (exact) mass is 373 g/mol. The smallest absolute Gasteiger partial charge is 0.216 e. The summed E-state index contributed by atoms with van der Waals surface area (Å²) in [6.07, 6.45) is 8.06. The number of carbonyl (C=O) groups excluding carboxylic acids is 1. The van der Waals surface area contributed by atoms with E-state index >= 15 is 0 Å². The Bertz CT molecular complexity index is 559. The molecule has 3 fully saturated rings. The minimum atomic E-state index is -3.22. The fourth-order valence-corrected chi connectivity index (χ4v) is 8.93. The highest BCUT2D eigenvalue weighted by atomic mass is 32.2. The summed E-state index contributed by atoms with van der Waals surface area (Å²) >= 11 is 1.88. The maximum atomic E-state index is 12.9.